The number of benzene rings is 1. The van der Waals surface area contributed by atoms with Crippen molar-refractivity contribution in [3.8, 4) is 0 Å². The molecular weight excluding hydrogens is 344 g/mol. The monoisotopic (exact) mass is 374 g/mol. The van der Waals surface area contributed by atoms with E-state index < -0.39 is 0 Å². The van der Waals surface area contributed by atoms with Gasteiger partial charge in [-0.25, -0.2) is 0 Å². The van der Waals surface area contributed by atoms with E-state index in [0.717, 1.165) is 18.8 Å². The van der Waals surface area contributed by atoms with Gasteiger partial charge in [-0.3, -0.25) is 14.4 Å². The van der Waals surface area contributed by atoms with Gasteiger partial charge in [-0.2, -0.15) is 0 Å². The van der Waals surface area contributed by atoms with Gasteiger partial charge < -0.3 is 15.0 Å². The lowest BCUT2D eigenvalue weighted by molar-refractivity contribution is -0.147. The summed E-state index contributed by atoms with van der Waals surface area (Å²) in [7, 11) is 3.36. The lowest BCUT2D eigenvalue weighted by atomic mass is 9.86. The van der Waals surface area contributed by atoms with Crippen LogP contribution in [0.4, 0.5) is 5.69 Å². The molecule has 1 saturated carbocycles. The van der Waals surface area contributed by atoms with E-state index in [2.05, 4.69) is 5.32 Å². The fourth-order valence-corrected chi connectivity index (χ4v) is 3.38. The molecule has 6 nitrogen and oxygen atoms in total. The SMILES string of the molecule is CN(C)C(=O)c1ccc(NC(=O)COC(=O)CCCC2CCCCC2)cc1. The van der Waals surface area contributed by atoms with Crippen LogP contribution in [-0.4, -0.2) is 43.4 Å². The summed E-state index contributed by atoms with van der Waals surface area (Å²) in [6.07, 6.45) is 8.76. The Hall–Kier alpha value is -2.37. The van der Waals surface area contributed by atoms with Gasteiger partial charge >= 0.3 is 5.97 Å². The van der Waals surface area contributed by atoms with E-state index in [1.165, 1.54) is 37.0 Å². The molecule has 0 heterocycles. The second kappa shape index (κ2) is 10.7. The molecule has 148 valence electrons. The minimum Gasteiger partial charge on any atom is -0.456 e. The molecule has 0 bridgehead atoms. The normalized spacial score (nSPS) is 14.4. The zero-order valence-corrected chi connectivity index (χ0v) is 16.3. The number of hydrogen-bond donors (Lipinski definition) is 1. The van der Waals surface area contributed by atoms with Crippen LogP contribution in [0.2, 0.25) is 0 Å². The maximum absolute atomic E-state index is 11.9. The molecule has 0 spiro atoms. The Morgan fingerprint density at radius 3 is 2.37 bits per heavy atom. The number of carbonyl (C=O) groups excluding carboxylic acids is 3. The summed E-state index contributed by atoms with van der Waals surface area (Å²) in [5.41, 5.74) is 1.10. The largest absolute Gasteiger partial charge is 0.456 e. The van der Waals surface area contributed by atoms with E-state index in [1.54, 1.807) is 38.4 Å². The van der Waals surface area contributed by atoms with Crippen molar-refractivity contribution < 1.29 is 19.1 Å². The van der Waals surface area contributed by atoms with Crippen molar-refractivity contribution in [1.29, 1.82) is 0 Å². The van der Waals surface area contributed by atoms with Crippen molar-refractivity contribution in [1.82, 2.24) is 4.90 Å². The van der Waals surface area contributed by atoms with Crippen molar-refractivity contribution >= 4 is 23.5 Å². The highest BCUT2D eigenvalue weighted by molar-refractivity contribution is 5.96. The van der Waals surface area contributed by atoms with E-state index in [1.807, 2.05) is 0 Å². The lowest BCUT2D eigenvalue weighted by Crippen LogP contribution is -2.22. The van der Waals surface area contributed by atoms with Crippen molar-refractivity contribution in [2.24, 2.45) is 5.92 Å². The third-order valence-electron chi connectivity index (χ3n) is 4.90. The van der Waals surface area contributed by atoms with Crippen LogP contribution in [0.15, 0.2) is 24.3 Å². The Morgan fingerprint density at radius 2 is 1.74 bits per heavy atom. The van der Waals surface area contributed by atoms with Crippen LogP contribution < -0.4 is 5.32 Å². The zero-order chi connectivity index (χ0) is 19.6. The number of amides is 2. The maximum atomic E-state index is 11.9. The molecule has 1 aliphatic rings. The third-order valence-corrected chi connectivity index (χ3v) is 4.90. The molecule has 0 aromatic heterocycles. The van der Waals surface area contributed by atoms with Gasteiger partial charge in [-0.15, -0.1) is 0 Å². The van der Waals surface area contributed by atoms with Gasteiger partial charge in [0, 0.05) is 31.8 Å². The van der Waals surface area contributed by atoms with Crippen LogP contribution in [-0.2, 0) is 14.3 Å². The molecule has 0 unspecified atom stereocenters. The second-order valence-corrected chi connectivity index (χ2v) is 7.38. The Balaban J connectivity index is 1.64. The molecule has 0 radical (unpaired) electrons. The highest BCUT2D eigenvalue weighted by Gasteiger charge is 2.14. The first kappa shape index (κ1) is 20.9. The minimum absolute atomic E-state index is 0.102. The highest BCUT2D eigenvalue weighted by Crippen LogP contribution is 2.27. The van der Waals surface area contributed by atoms with E-state index in [4.69, 9.17) is 4.74 Å². The van der Waals surface area contributed by atoms with Crippen LogP contribution in [0, 0.1) is 5.92 Å². The number of nitrogens with one attached hydrogen (secondary N) is 1. The predicted molar refractivity (Wildman–Crippen MR) is 104 cm³/mol. The standard InChI is InChI=1S/C21H30N2O4/c1-23(2)21(26)17-11-13-18(14-12-17)22-19(24)15-27-20(25)10-6-9-16-7-4-3-5-8-16/h11-14,16H,3-10,15H2,1-2H3,(H,22,24). The number of esters is 1. The first-order chi connectivity index (χ1) is 13.0. The van der Waals surface area contributed by atoms with Crippen LogP contribution in [0.5, 0.6) is 0 Å². The van der Waals surface area contributed by atoms with Crippen LogP contribution >= 0.6 is 0 Å². The number of anilines is 1. The van der Waals surface area contributed by atoms with Crippen molar-refractivity contribution in [2.45, 2.75) is 51.4 Å². The van der Waals surface area contributed by atoms with Gasteiger partial charge in [-0.1, -0.05) is 32.1 Å². The Morgan fingerprint density at radius 1 is 1.07 bits per heavy atom. The van der Waals surface area contributed by atoms with Gasteiger partial charge in [-0.05, 0) is 43.0 Å². The smallest absolute Gasteiger partial charge is 0.306 e. The van der Waals surface area contributed by atoms with Gasteiger partial charge in [0.1, 0.15) is 0 Å². The fraction of sp³-hybridized carbons (Fsp3) is 0.571. The molecule has 1 aliphatic carbocycles. The fourth-order valence-electron chi connectivity index (χ4n) is 3.38. The molecule has 2 amide bonds. The molecule has 0 aliphatic heterocycles. The van der Waals surface area contributed by atoms with Crippen LogP contribution in [0.3, 0.4) is 0 Å². The van der Waals surface area contributed by atoms with E-state index in [0.29, 0.717) is 17.7 Å². The quantitative estimate of drug-likeness (QED) is 0.705. The summed E-state index contributed by atoms with van der Waals surface area (Å²) in [6.45, 7) is -0.291. The summed E-state index contributed by atoms with van der Waals surface area (Å²) in [5.74, 6) is -0.0672. The molecule has 1 N–H and O–H groups in total. The van der Waals surface area contributed by atoms with Crippen molar-refractivity contribution in [3.63, 3.8) is 0 Å². The topological polar surface area (TPSA) is 75.7 Å². The molecule has 0 atom stereocenters. The first-order valence-corrected chi connectivity index (χ1v) is 9.73. The number of rotatable bonds is 8. The minimum atomic E-state index is -0.387. The van der Waals surface area contributed by atoms with Crippen LogP contribution in [0.1, 0.15) is 61.7 Å². The average Bonchev–Trinajstić information content (AvgIpc) is 2.67. The molecule has 0 saturated heterocycles. The molecule has 27 heavy (non-hydrogen) atoms. The predicted octanol–water partition coefficient (Wildman–Crippen LogP) is 3.62. The molecule has 1 aromatic rings. The van der Waals surface area contributed by atoms with Crippen molar-refractivity contribution in [2.75, 3.05) is 26.0 Å². The summed E-state index contributed by atoms with van der Waals surface area (Å²) in [4.78, 5) is 37.0. The van der Waals surface area contributed by atoms with Gasteiger partial charge in [0.05, 0.1) is 0 Å². The van der Waals surface area contributed by atoms with E-state index in [9.17, 15) is 14.4 Å². The Bertz CT molecular complexity index is 634. The third kappa shape index (κ3) is 7.41. The molecule has 2 rings (SSSR count). The summed E-state index contributed by atoms with van der Waals surface area (Å²) >= 11 is 0. The lowest BCUT2D eigenvalue weighted by Gasteiger charge is -2.20. The highest BCUT2D eigenvalue weighted by atomic mass is 16.5. The van der Waals surface area contributed by atoms with E-state index >= 15 is 0 Å². The Labute approximate surface area is 161 Å². The molecule has 1 aromatic carbocycles. The summed E-state index contributed by atoms with van der Waals surface area (Å²) in [6, 6.07) is 6.60. The van der Waals surface area contributed by atoms with Crippen LogP contribution in [0.25, 0.3) is 0 Å². The zero-order valence-electron chi connectivity index (χ0n) is 16.3. The molecule has 1 fully saturated rings. The molecular formula is C21H30N2O4. The average molecular weight is 374 g/mol. The summed E-state index contributed by atoms with van der Waals surface area (Å²) < 4.78 is 5.05. The number of hydrogen-bond acceptors (Lipinski definition) is 4. The second-order valence-electron chi connectivity index (χ2n) is 7.38. The van der Waals surface area contributed by atoms with E-state index in [-0.39, 0.29) is 24.4 Å². The summed E-state index contributed by atoms with van der Waals surface area (Å²) in [5, 5.41) is 2.66. The Kier molecular flexibility index (Phi) is 8.30. The van der Waals surface area contributed by atoms with Gasteiger partial charge in [0.25, 0.3) is 11.8 Å². The van der Waals surface area contributed by atoms with Gasteiger partial charge in [0.15, 0.2) is 6.61 Å². The first-order valence-electron chi connectivity index (χ1n) is 9.73. The van der Waals surface area contributed by atoms with Crippen molar-refractivity contribution in [3.05, 3.63) is 29.8 Å². The number of ether oxygens (including phenoxy) is 1. The number of nitrogens with zero attached hydrogens (tertiary/aromatic N) is 1. The number of carbonyl (C=O) groups is 3. The maximum Gasteiger partial charge on any atom is 0.306 e. The molecule has 6 heteroatoms. The van der Waals surface area contributed by atoms with Gasteiger partial charge in [0.2, 0.25) is 0 Å².